The smallest absolute Gasteiger partial charge is 0.0351 e. The van der Waals surface area contributed by atoms with E-state index in [2.05, 4.69) is 45.1 Å². The van der Waals surface area contributed by atoms with Crippen molar-refractivity contribution in [2.24, 2.45) is 5.92 Å². The summed E-state index contributed by atoms with van der Waals surface area (Å²) in [5.41, 5.74) is 0. The molecule has 1 atom stereocenters. The zero-order valence-electron chi connectivity index (χ0n) is 22.9. The van der Waals surface area contributed by atoms with Gasteiger partial charge in [-0.1, -0.05) is 148 Å². The SMILES string of the molecule is CCCCCCC=CCCCCCCCCC(C)CCCCCCC=CCCCCCC. The van der Waals surface area contributed by atoms with Crippen LogP contribution in [-0.4, -0.2) is 0 Å². The van der Waals surface area contributed by atoms with E-state index in [1.165, 1.54) is 154 Å². The summed E-state index contributed by atoms with van der Waals surface area (Å²) in [7, 11) is 0. The molecule has 32 heavy (non-hydrogen) atoms. The Labute approximate surface area is 205 Å². The van der Waals surface area contributed by atoms with Gasteiger partial charge in [0.1, 0.15) is 0 Å². The Balaban J connectivity index is 3.23. The van der Waals surface area contributed by atoms with Gasteiger partial charge in [-0.3, -0.25) is 0 Å². The van der Waals surface area contributed by atoms with E-state index in [-0.39, 0.29) is 0 Å². The quantitative estimate of drug-likeness (QED) is 0.0915. The second kappa shape index (κ2) is 28.5. The summed E-state index contributed by atoms with van der Waals surface area (Å²) < 4.78 is 0. The molecule has 0 heteroatoms. The van der Waals surface area contributed by atoms with Crippen LogP contribution in [0, 0.1) is 5.92 Å². The zero-order chi connectivity index (χ0) is 23.4. The average molecular weight is 447 g/mol. The fraction of sp³-hybridized carbons (Fsp3) is 0.875. The Kier molecular flexibility index (Phi) is 28.0. The van der Waals surface area contributed by atoms with Crippen molar-refractivity contribution < 1.29 is 0 Å². The molecule has 0 N–H and O–H groups in total. The maximum atomic E-state index is 2.48. The first-order valence-electron chi connectivity index (χ1n) is 15.1. The van der Waals surface area contributed by atoms with Gasteiger partial charge in [-0.05, 0) is 57.3 Å². The summed E-state index contributed by atoms with van der Waals surface area (Å²) in [6.45, 7) is 7.06. The minimum Gasteiger partial charge on any atom is -0.0885 e. The molecule has 0 saturated carbocycles. The predicted molar refractivity (Wildman–Crippen MR) is 150 cm³/mol. The van der Waals surface area contributed by atoms with Crippen molar-refractivity contribution in [3.8, 4) is 0 Å². The van der Waals surface area contributed by atoms with Crippen LogP contribution >= 0.6 is 0 Å². The molecular formula is C32H62. The molecule has 0 spiro atoms. The van der Waals surface area contributed by atoms with Gasteiger partial charge in [0.25, 0.3) is 0 Å². The summed E-state index contributed by atoms with van der Waals surface area (Å²) in [4.78, 5) is 0. The van der Waals surface area contributed by atoms with Gasteiger partial charge in [0.15, 0.2) is 0 Å². The van der Waals surface area contributed by atoms with E-state index >= 15 is 0 Å². The molecule has 0 aromatic carbocycles. The van der Waals surface area contributed by atoms with Gasteiger partial charge in [0, 0.05) is 0 Å². The third-order valence-corrected chi connectivity index (χ3v) is 6.92. The van der Waals surface area contributed by atoms with Gasteiger partial charge in [0.2, 0.25) is 0 Å². The van der Waals surface area contributed by atoms with Crippen molar-refractivity contribution in [2.75, 3.05) is 0 Å². The molecule has 0 fully saturated rings. The summed E-state index contributed by atoms with van der Waals surface area (Å²) in [5, 5.41) is 0. The van der Waals surface area contributed by atoms with Crippen LogP contribution in [0.3, 0.4) is 0 Å². The van der Waals surface area contributed by atoms with Crippen molar-refractivity contribution in [1.29, 1.82) is 0 Å². The van der Waals surface area contributed by atoms with Gasteiger partial charge in [-0.25, -0.2) is 0 Å². The van der Waals surface area contributed by atoms with E-state index in [1.807, 2.05) is 0 Å². The van der Waals surface area contributed by atoms with Crippen LogP contribution in [0.25, 0.3) is 0 Å². The topological polar surface area (TPSA) is 0 Å². The van der Waals surface area contributed by atoms with Crippen LogP contribution in [0.15, 0.2) is 24.3 Å². The van der Waals surface area contributed by atoms with Crippen molar-refractivity contribution in [2.45, 2.75) is 175 Å². The second-order valence-corrected chi connectivity index (χ2v) is 10.4. The lowest BCUT2D eigenvalue weighted by Crippen LogP contribution is -1.95. The van der Waals surface area contributed by atoms with Crippen molar-refractivity contribution in [3.05, 3.63) is 24.3 Å². The average Bonchev–Trinajstić information content (AvgIpc) is 2.80. The Morgan fingerprint density at radius 1 is 0.375 bits per heavy atom. The third-order valence-electron chi connectivity index (χ3n) is 6.92. The molecule has 0 nitrogen and oxygen atoms in total. The molecule has 0 amide bonds. The molecular weight excluding hydrogens is 384 g/mol. The lowest BCUT2D eigenvalue weighted by Gasteiger charge is -2.11. The minimum atomic E-state index is 0.945. The van der Waals surface area contributed by atoms with Crippen molar-refractivity contribution in [1.82, 2.24) is 0 Å². The molecule has 0 aromatic rings. The molecule has 0 heterocycles. The number of rotatable bonds is 26. The lowest BCUT2D eigenvalue weighted by molar-refractivity contribution is 0.433. The Hall–Kier alpha value is -0.520. The fourth-order valence-electron chi connectivity index (χ4n) is 4.56. The van der Waals surface area contributed by atoms with Crippen LogP contribution in [0.5, 0.6) is 0 Å². The van der Waals surface area contributed by atoms with Crippen LogP contribution < -0.4 is 0 Å². The van der Waals surface area contributed by atoms with E-state index in [0.717, 1.165) is 5.92 Å². The van der Waals surface area contributed by atoms with Gasteiger partial charge in [0.05, 0.1) is 0 Å². The Bertz CT molecular complexity index is 377. The highest BCUT2D eigenvalue weighted by molar-refractivity contribution is 4.82. The van der Waals surface area contributed by atoms with Crippen LogP contribution in [0.2, 0.25) is 0 Å². The maximum absolute atomic E-state index is 2.48. The second-order valence-electron chi connectivity index (χ2n) is 10.4. The highest BCUT2D eigenvalue weighted by Crippen LogP contribution is 2.18. The summed E-state index contributed by atoms with van der Waals surface area (Å²) in [6.07, 6.45) is 43.3. The molecule has 0 saturated heterocycles. The molecule has 0 radical (unpaired) electrons. The monoisotopic (exact) mass is 446 g/mol. The van der Waals surface area contributed by atoms with Gasteiger partial charge < -0.3 is 0 Å². The number of hydrogen-bond acceptors (Lipinski definition) is 0. The Morgan fingerprint density at radius 3 is 1.00 bits per heavy atom. The highest BCUT2D eigenvalue weighted by atomic mass is 14.1. The van der Waals surface area contributed by atoms with Crippen molar-refractivity contribution >= 4 is 0 Å². The zero-order valence-corrected chi connectivity index (χ0v) is 22.9. The highest BCUT2D eigenvalue weighted by Gasteiger charge is 2.02. The number of hydrogen-bond donors (Lipinski definition) is 0. The van der Waals surface area contributed by atoms with Gasteiger partial charge in [-0.2, -0.15) is 0 Å². The minimum absolute atomic E-state index is 0.945. The van der Waals surface area contributed by atoms with E-state index < -0.39 is 0 Å². The standard InChI is InChI=1S/C32H62/c1-4-6-8-10-12-14-16-18-19-21-23-25-27-29-31-32(3)30-28-26-24-22-20-17-15-13-11-9-7-5-2/h14-17,32H,4-13,18-31H2,1-3H3. The summed E-state index contributed by atoms with van der Waals surface area (Å²) in [5.74, 6) is 0.945. The maximum Gasteiger partial charge on any atom is -0.0351 e. The fourth-order valence-corrected chi connectivity index (χ4v) is 4.56. The van der Waals surface area contributed by atoms with Crippen molar-refractivity contribution in [3.63, 3.8) is 0 Å². The van der Waals surface area contributed by atoms with Crippen LogP contribution in [-0.2, 0) is 0 Å². The molecule has 0 bridgehead atoms. The van der Waals surface area contributed by atoms with E-state index in [4.69, 9.17) is 0 Å². The largest absolute Gasteiger partial charge is 0.0885 e. The van der Waals surface area contributed by atoms with Crippen LogP contribution in [0.1, 0.15) is 175 Å². The molecule has 1 unspecified atom stereocenters. The predicted octanol–water partition coefficient (Wildman–Crippen LogP) is 12.1. The van der Waals surface area contributed by atoms with E-state index in [9.17, 15) is 0 Å². The van der Waals surface area contributed by atoms with E-state index in [1.54, 1.807) is 0 Å². The normalized spacial score (nSPS) is 13.0. The molecule has 0 aliphatic heterocycles. The molecule has 190 valence electrons. The number of unbranched alkanes of at least 4 members (excludes halogenated alkanes) is 18. The van der Waals surface area contributed by atoms with E-state index in [0.29, 0.717) is 0 Å². The van der Waals surface area contributed by atoms with Crippen LogP contribution in [0.4, 0.5) is 0 Å². The third kappa shape index (κ3) is 27.5. The lowest BCUT2D eigenvalue weighted by atomic mass is 9.96. The number of allylic oxidation sites excluding steroid dienone is 4. The molecule has 0 rings (SSSR count). The van der Waals surface area contributed by atoms with Gasteiger partial charge in [-0.15, -0.1) is 0 Å². The Morgan fingerprint density at radius 2 is 0.656 bits per heavy atom. The molecule has 0 aliphatic rings. The summed E-state index contributed by atoms with van der Waals surface area (Å²) >= 11 is 0. The van der Waals surface area contributed by atoms with Gasteiger partial charge >= 0.3 is 0 Å². The molecule has 0 aliphatic carbocycles. The molecule has 0 aromatic heterocycles. The first kappa shape index (κ1) is 31.5. The first-order valence-corrected chi connectivity index (χ1v) is 15.1. The summed E-state index contributed by atoms with van der Waals surface area (Å²) in [6, 6.07) is 0. The first-order chi connectivity index (χ1) is 15.8.